The number of hydrogen-bond donors (Lipinski definition) is 2. The molecule has 0 atom stereocenters. The van der Waals surface area contributed by atoms with Crippen molar-refractivity contribution in [1.29, 1.82) is 0 Å². The molecule has 0 aliphatic heterocycles. The highest BCUT2D eigenvalue weighted by molar-refractivity contribution is 7.21. The Morgan fingerprint density at radius 1 is 1.00 bits per heavy atom. The molecule has 0 unspecified atom stereocenters. The standard InChI is InChI=1S/C11H7N3O2S/c15-6-2-1-3-7(16)8(6)10-14-9-11(17-10)13-5-4-12-9/h1-5,15-16H. The Hall–Kier alpha value is -2.21. The maximum atomic E-state index is 9.74. The lowest BCUT2D eigenvalue weighted by molar-refractivity contribution is 0.454. The Morgan fingerprint density at radius 3 is 2.41 bits per heavy atom. The van der Waals surface area contributed by atoms with Crippen LogP contribution in [0.4, 0.5) is 0 Å². The number of benzene rings is 1. The Morgan fingerprint density at radius 2 is 1.71 bits per heavy atom. The highest BCUT2D eigenvalue weighted by atomic mass is 32.1. The quantitative estimate of drug-likeness (QED) is 0.686. The van der Waals surface area contributed by atoms with Gasteiger partial charge >= 0.3 is 0 Å². The van der Waals surface area contributed by atoms with Crippen LogP contribution >= 0.6 is 11.3 Å². The molecule has 0 saturated carbocycles. The zero-order valence-electron chi connectivity index (χ0n) is 8.53. The van der Waals surface area contributed by atoms with Crippen molar-refractivity contribution in [2.75, 3.05) is 0 Å². The van der Waals surface area contributed by atoms with Crippen molar-refractivity contribution in [2.24, 2.45) is 0 Å². The maximum absolute atomic E-state index is 9.74. The van der Waals surface area contributed by atoms with Crippen LogP contribution in [0, 0.1) is 0 Å². The van der Waals surface area contributed by atoms with Crippen LogP contribution in [0.5, 0.6) is 11.5 Å². The molecule has 0 saturated heterocycles. The summed E-state index contributed by atoms with van der Waals surface area (Å²) in [6, 6.07) is 4.57. The second-order valence-electron chi connectivity index (χ2n) is 3.38. The number of phenolic OH excluding ortho intramolecular Hbond substituents is 2. The number of rotatable bonds is 1. The third kappa shape index (κ3) is 1.58. The van der Waals surface area contributed by atoms with Crippen LogP contribution in [0.15, 0.2) is 30.6 Å². The van der Waals surface area contributed by atoms with E-state index in [1.54, 1.807) is 18.5 Å². The molecule has 0 fully saturated rings. The molecule has 84 valence electrons. The van der Waals surface area contributed by atoms with E-state index in [0.717, 1.165) is 0 Å². The highest BCUT2D eigenvalue weighted by Crippen LogP contribution is 2.39. The maximum Gasteiger partial charge on any atom is 0.190 e. The predicted octanol–water partition coefficient (Wildman–Crippen LogP) is 2.16. The molecule has 6 heteroatoms. The molecule has 0 spiro atoms. The molecule has 5 nitrogen and oxygen atoms in total. The summed E-state index contributed by atoms with van der Waals surface area (Å²) >= 11 is 1.27. The van der Waals surface area contributed by atoms with Gasteiger partial charge in [0, 0.05) is 12.4 Å². The van der Waals surface area contributed by atoms with E-state index in [0.29, 0.717) is 21.0 Å². The van der Waals surface area contributed by atoms with Crippen molar-refractivity contribution in [3.05, 3.63) is 30.6 Å². The number of thiazole rings is 1. The molecule has 0 aliphatic carbocycles. The van der Waals surface area contributed by atoms with E-state index in [9.17, 15) is 10.2 Å². The minimum absolute atomic E-state index is 0.0101. The summed E-state index contributed by atoms with van der Waals surface area (Å²) in [5, 5.41) is 20.0. The highest BCUT2D eigenvalue weighted by Gasteiger charge is 2.15. The van der Waals surface area contributed by atoms with E-state index in [1.807, 2.05) is 0 Å². The van der Waals surface area contributed by atoms with Gasteiger partial charge in [-0.1, -0.05) is 17.4 Å². The van der Waals surface area contributed by atoms with Gasteiger partial charge in [0.2, 0.25) is 0 Å². The molecule has 17 heavy (non-hydrogen) atoms. The molecule has 1 aromatic carbocycles. The lowest BCUT2D eigenvalue weighted by Crippen LogP contribution is -1.80. The van der Waals surface area contributed by atoms with Crippen LogP contribution in [0.3, 0.4) is 0 Å². The van der Waals surface area contributed by atoms with E-state index in [-0.39, 0.29) is 11.5 Å². The number of nitrogens with zero attached hydrogens (tertiary/aromatic N) is 3. The molecule has 0 amide bonds. The lowest BCUT2D eigenvalue weighted by atomic mass is 10.2. The summed E-state index contributed by atoms with van der Waals surface area (Å²) < 4.78 is 0. The largest absolute Gasteiger partial charge is 0.507 e. The van der Waals surface area contributed by atoms with E-state index in [2.05, 4.69) is 15.0 Å². The number of hydrogen-bond acceptors (Lipinski definition) is 6. The third-order valence-corrected chi connectivity index (χ3v) is 3.25. The number of aromatic nitrogens is 3. The van der Waals surface area contributed by atoms with Crippen LogP contribution in [-0.2, 0) is 0 Å². The van der Waals surface area contributed by atoms with E-state index in [1.165, 1.54) is 23.5 Å². The molecule has 0 aliphatic rings. The smallest absolute Gasteiger partial charge is 0.190 e. The van der Waals surface area contributed by atoms with Gasteiger partial charge in [-0.15, -0.1) is 0 Å². The predicted molar refractivity (Wildman–Crippen MR) is 64.0 cm³/mol. The van der Waals surface area contributed by atoms with Gasteiger partial charge in [0.15, 0.2) is 10.5 Å². The van der Waals surface area contributed by atoms with E-state index < -0.39 is 0 Å². The van der Waals surface area contributed by atoms with Gasteiger partial charge in [-0.25, -0.2) is 15.0 Å². The van der Waals surface area contributed by atoms with Crippen molar-refractivity contribution < 1.29 is 10.2 Å². The van der Waals surface area contributed by atoms with E-state index >= 15 is 0 Å². The molecule has 2 heterocycles. The fourth-order valence-electron chi connectivity index (χ4n) is 1.53. The first-order chi connectivity index (χ1) is 8.25. The van der Waals surface area contributed by atoms with Gasteiger partial charge < -0.3 is 10.2 Å². The normalized spacial score (nSPS) is 10.8. The van der Waals surface area contributed by atoms with Crippen LogP contribution in [-0.4, -0.2) is 25.2 Å². The second kappa shape index (κ2) is 3.67. The van der Waals surface area contributed by atoms with Gasteiger partial charge in [-0.2, -0.15) is 0 Å². The zero-order chi connectivity index (χ0) is 11.8. The second-order valence-corrected chi connectivity index (χ2v) is 4.35. The monoisotopic (exact) mass is 245 g/mol. The Bertz CT molecular complexity index is 643. The van der Waals surface area contributed by atoms with Crippen molar-refractivity contribution in [3.8, 4) is 22.1 Å². The van der Waals surface area contributed by atoms with Gasteiger partial charge in [0.25, 0.3) is 0 Å². The molecule has 2 aromatic heterocycles. The van der Waals surface area contributed by atoms with E-state index in [4.69, 9.17) is 0 Å². The summed E-state index contributed by atoms with van der Waals surface area (Å²) in [5.74, 6) is -0.0203. The SMILES string of the molecule is Oc1cccc(O)c1-c1nc2nccnc2s1. The lowest BCUT2D eigenvalue weighted by Gasteiger charge is -2.02. The zero-order valence-corrected chi connectivity index (χ0v) is 9.35. The minimum atomic E-state index is -0.0101. The third-order valence-electron chi connectivity index (χ3n) is 2.28. The summed E-state index contributed by atoms with van der Waals surface area (Å²) in [6.07, 6.45) is 3.13. The van der Waals surface area contributed by atoms with Gasteiger partial charge in [0.1, 0.15) is 16.5 Å². The molecular formula is C11H7N3O2S. The summed E-state index contributed by atoms with van der Waals surface area (Å²) in [6.45, 7) is 0. The topological polar surface area (TPSA) is 79.1 Å². The molecule has 3 aromatic rings. The molecular weight excluding hydrogens is 238 g/mol. The molecule has 0 radical (unpaired) electrons. The fraction of sp³-hybridized carbons (Fsp3) is 0. The molecule has 0 bridgehead atoms. The first-order valence-corrected chi connectivity index (χ1v) is 5.66. The number of aromatic hydroxyl groups is 2. The Labute approximate surface area is 100 Å². The van der Waals surface area contributed by atoms with Crippen molar-refractivity contribution >= 4 is 21.8 Å². The van der Waals surface area contributed by atoms with Crippen LogP contribution < -0.4 is 0 Å². The minimum Gasteiger partial charge on any atom is -0.507 e. The molecule has 2 N–H and O–H groups in total. The van der Waals surface area contributed by atoms with Gasteiger partial charge in [-0.3, -0.25) is 0 Å². The van der Waals surface area contributed by atoms with Gasteiger partial charge in [0.05, 0.1) is 5.56 Å². The van der Waals surface area contributed by atoms with Gasteiger partial charge in [-0.05, 0) is 12.1 Å². The Balaban J connectivity index is 2.27. The van der Waals surface area contributed by atoms with Crippen LogP contribution in [0.25, 0.3) is 21.0 Å². The summed E-state index contributed by atoms with van der Waals surface area (Å²) in [4.78, 5) is 13.1. The Kier molecular flexibility index (Phi) is 2.15. The average molecular weight is 245 g/mol. The fourth-order valence-corrected chi connectivity index (χ4v) is 2.46. The number of phenols is 2. The first kappa shape index (κ1) is 9.98. The summed E-state index contributed by atoms with van der Waals surface area (Å²) in [5.41, 5.74) is 0.826. The first-order valence-electron chi connectivity index (χ1n) is 4.84. The van der Waals surface area contributed by atoms with Crippen LogP contribution in [0.1, 0.15) is 0 Å². The van der Waals surface area contributed by atoms with Crippen molar-refractivity contribution in [1.82, 2.24) is 15.0 Å². The van der Waals surface area contributed by atoms with Crippen molar-refractivity contribution in [2.45, 2.75) is 0 Å². The van der Waals surface area contributed by atoms with Crippen LogP contribution in [0.2, 0.25) is 0 Å². The summed E-state index contributed by atoms with van der Waals surface area (Å²) in [7, 11) is 0. The van der Waals surface area contributed by atoms with Crippen molar-refractivity contribution in [3.63, 3.8) is 0 Å². The molecule has 3 rings (SSSR count). The number of fused-ring (bicyclic) bond motifs is 1. The average Bonchev–Trinajstić information content (AvgIpc) is 2.71.